The van der Waals surface area contributed by atoms with Gasteiger partial charge in [0, 0.05) is 5.92 Å². The summed E-state index contributed by atoms with van der Waals surface area (Å²) in [7, 11) is 0. The summed E-state index contributed by atoms with van der Waals surface area (Å²) in [5.41, 5.74) is 7.54. The molecular formula is C12H15N5. The number of tetrazole rings is 1. The van der Waals surface area contributed by atoms with Gasteiger partial charge in [0.05, 0.1) is 11.4 Å². The standard InChI is InChI=1S/C12H15N5/c13-10-7-3-4-8-11(10)17-12(14-15-16-17)9-5-1-2-6-9/h3-4,7-9H,1-2,5-6,13H2. The van der Waals surface area contributed by atoms with Gasteiger partial charge in [-0.25, -0.2) is 0 Å². The van der Waals surface area contributed by atoms with Crippen molar-refractivity contribution in [2.24, 2.45) is 0 Å². The van der Waals surface area contributed by atoms with Gasteiger partial charge in [0.15, 0.2) is 5.82 Å². The summed E-state index contributed by atoms with van der Waals surface area (Å²) in [6.07, 6.45) is 4.88. The Labute approximate surface area is 99.6 Å². The molecule has 1 aliphatic rings. The van der Waals surface area contributed by atoms with Gasteiger partial charge < -0.3 is 5.73 Å². The zero-order chi connectivity index (χ0) is 11.7. The second-order valence-corrected chi connectivity index (χ2v) is 4.49. The van der Waals surface area contributed by atoms with E-state index in [1.54, 1.807) is 4.68 Å². The Bertz CT molecular complexity index is 513. The van der Waals surface area contributed by atoms with E-state index in [1.807, 2.05) is 24.3 Å². The maximum absolute atomic E-state index is 5.96. The Morgan fingerprint density at radius 2 is 1.94 bits per heavy atom. The summed E-state index contributed by atoms with van der Waals surface area (Å²) >= 11 is 0. The number of nitrogen functional groups attached to an aromatic ring is 1. The van der Waals surface area contributed by atoms with Crippen LogP contribution in [0.1, 0.15) is 37.4 Å². The highest BCUT2D eigenvalue weighted by atomic mass is 15.5. The first-order valence-electron chi connectivity index (χ1n) is 5.99. The summed E-state index contributed by atoms with van der Waals surface area (Å²) in [4.78, 5) is 0. The Kier molecular flexibility index (Phi) is 2.51. The van der Waals surface area contributed by atoms with Crippen molar-refractivity contribution in [2.45, 2.75) is 31.6 Å². The minimum absolute atomic E-state index is 0.476. The molecule has 0 unspecified atom stereocenters. The van der Waals surface area contributed by atoms with Crippen LogP contribution in [0.4, 0.5) is 5.69 Å². The van der Waals surface area contributed by atoms with Crippen LogP contribution in [0.5, 0.6) is 0 Å². The fourth-order valence-electron chi connectivity index (χ4n) is 2.48. The van der Waals surface area contributed by atoms with Crippen molar-refractivity contribution in [3.05, 3.63) is 30.1 Å². The van der Waals surface area contributed by atoms with E-state index in [-0.39, 0.29) is 0 Å². The summed E-state index contributed by atoms with van der Waals surface area (Å²) in [5.74, 6) is 1.42. The van der Waals surface area contributed by atoms with Crippen LogP contribution >= 0.6 is 0 Å². The Morgan fingerprint density at radius 1 is 1.18 bits per heavy atom. The number of benzene rings is 1. The molecule has 2 N–H and O–H groups in total. The monoisotopic (exact) mass is 229 g/mol. The van der Waals surface area contributed by atoms with E-state index in [9.17, 15) is 0 Å². The lowest BCUT2D eigenvalue weighted by atomic mass is 10.1. The number of rotatable bonds is 2. The van der Waals surface area contributed by atoms with Crippen LogP contribution in [0.2, 0.25) is 0 Å². The second-order valence-electron chi connectivity index (χ2n) is 4.49. The third-order valence-corrected chi connectivity index (χ3v) is 3.38. The highest BCUT2D eigenvalue weighted by Crippen LogP contribution is 2.33. The van der Waals surface area contributed by atoms with Crippen LogP contribution in [0.25, 0.3) is 5.69 Å². The number of hydrogen-bond donors (Lipinski definition) is 1. The van der Waals surface area contributed by atoms with Crippen LogP contribution in [0.3, 0.4) is 0 Å². The van der Waals surface area contributed by atoms with Crippen LogP contribution in [0, 0.1) is 0 Å². The minimum atomic E-state index is 0.476. The molecule has 5 nitrogen and oxygen atoms in total. The molecule has 1 aliphatic carbocycles. The topological polar surface area (TPSA) is 69.6 Å². The van der Waals surface area contributed by atoms with Crippen LogP contribution in [-0.4, -0.2) is 20.2 Å². The van der Waals surface area contributed by atoms with Gasteiger partial charge in [-0.1, -0.05) is 25.0 Å². The van der Waals surface area contributed by atoms with Crippen molar-refractivity contribution in [3.63, 3.8) is 0 Å². The van der Waals surface area contributed by atoms with Gasteiger partial charge in [0.25, 0.3) is 0 Å². The average Bonchev–Trinajstić information content (AvgIpc) is 3.00. The Balaban J connectivity index is 2.04. The first-order chi connectivity index (χ1) is 8.36. The molecule has 1 aromatic heterocycles. The van der Waals surface area contributed by atoms with Gasteiger partial charge in [-0.05, 0) is 35.4 Å². The maximum Gasteiger partial charge on any atom is 0.159 e. The largest absolute Gasteiger partial charge is 0.397 e. The van der Waals surface area contributed by atoms with Gasteiger partial charge >= 0.3 is 0 Å². The molecule has 0 atom stereocenters. The SMILES string of the molecule is Nc1ccccc1-n1nnnc1C1CCCC1. The van der Waals surface area contributed by atoms with Gasteiger partial charge in [-0.15, -0.1) is 5.10 Å². The van der Waals surface area contributed by atoms with E-state index in [1.165, 1.54) is 25.7 Å². The Hall–Kier alpha value is -1.91. The smallest absolute Gasteiger partial charge is 0.159 e. The van der Waals surface area contributed by atoms with Crippen molar-refractivity contribution in [1.29, 1.82) is 0 Å². The van der Waals surface area contributed by atoms with E-state index in [2.05, 4.69) is 15.5 Å². The van der Waals surface area contributed by atoms with Crippen molar-refractivity contribution >= 4 is 5.69 Å². The molecule has 88 valence electrons. The molecule has 0 spiro atoms. The fourth-order valence-corrected chi connectivity index (χ4v) is 2.48. The number of nitrogens with zero attached hydrogens (tertiary/aromatic N) is 4. The number of anilines is 1. The van der Waals surface area contributed by atoms with Gasteiger partial charge in [0.2, 0.25) is 0 Å². The zero-order valence-electron chi connectivity index (χ0n) is 9.58. The summed E-state index contributed by atoms with van der Waals surface area (Å²) in [5, 5.41) is 12.0. The number of hydrogen-bond acceptors (Lipinski definition) is 4. The third-order valence-electron chi connectivity index (χ3n) is 3.38. The van der Waals surface area contributed by atoms with E-state index < -0.39 is 0 Å². The zero-order valence-corrected chi connectivity index (χ0v) is 9.58. The number of nitrogens with two attached hydrogens (primary N) is 1. The predicted octanol–water partition coefficient (Wildman–Crippen LogP) is 1.90. The maximum atomic E-state index is 5.96. The lowest BCUT2D eigenvalue weighted by Crippen LogP contribution is -2.08. The molecule has 5 heteroatoms. The van der Waals surface area contributed by atoms with E-state index in [0.717, 1.165) is 11.5 Å². The minimum Gasteiger partial charge on any atom is -0.397 e. The predicted molar refractivity (Wildman–Crippen MR) is 64.8 cm³/mol. The average molecular weight is 229 g/mol. The summed E-state index contributed by atoms with van der Waals surface area (Å²) in [6.45, 7) is 0. The normalized spacial score (nSPS) is 16.5. The molecule has 1 saturated carbocycles. The molecule has 1 heterocycles. The molecule has 17 heavy (non-hydrogen) atoms. The van der Waals surface area contributed by atoms with Gasteiger partial charge in [-0.2, -0.15) is 4.68 Å². The van der Waals surface area contributed by atoms with Crippen molar-refractivity contribution < 1.29 is 0 Å². The fraction of sp³-hybridized carbons (Fsp3) is 0.417. The Morgan fingerprint density at radius 3 is 2.71 bits per heavy atom. The van der Waals surface area contributed by atoms with Crippen LogP contribution in [0.15, 0.2) is 24.3 Å². The molecule has 1 aromatic carbocycles. The molecular weight excluding hydrogens is 214 g/mol. The first kappa shape index (κ1) is 10.3. The first-order valence-corrected chi connectivity index (χ1v) is 5.99. The molecule has 0 amide bonds. The third kappa shape index (κ3) is 1.77. The van der Waals surface area contributed by atoms with Crippen molar-refractivity contribution in [1.82, 2.24) is 20.2 Å². The van der Waals surface area contributed by atoms with E-state index >= 15 is 0 Å². The molecule has 1 fully saturated rings. The van der Waals surface area contributed by atoms with Crippen molar-refractivity contribution in [3.8, 4) is 5.69 Å². The number of para-hydroxylation sites is 2. The molecule has 2 aromatic rings. The second kappa shape index (κ2) is 4.16. The van der Waals surface area contributed by atoms with E-state index in [0.29, 0.717) is 11.6 Å². The van der Waals surface area contributed by atoms with Crippen molar-refractivity contribution in [2.75, 3.05) is 5.73 Å². The lowest BCUT2D eigenvalue weighted by Gasteiger charge is -2.10. The summed E-state index contributed by atoms with van der Waals surface area (Å²) in [6, 6.07) is 7.68. The molecule has 0 radical (unpaired) electrons. The van der Waals surface area contributed by atoms with Crippen LogP contribution in [-0.2, 0) is 0 Å². The molecule has 0 bridgehead atoms. The molecule has 0 aliphatic heterocycles. The van der Waals surface area contributed by atoms with Crippen LogP contribution < -0.4 is 5.73 Å². The lowest BCUT2D eigenvalue weighted by molar-refractivity contribution is 0.637. The molecule has 0 saturated heterocycles. The summed E-state index contributed by atoms with van der Waals surface area (Å²) < 4.78 is 1.78. The number of aromatic nitrogens is 4. The molecule has 3 rings (SSSR count). The van der Waals surface area contributed by atoms with Gasteiger partial charge in [-0.3, -0.25) is 0 Å². The van der Waals surface area contributed by atoms with Gasteiger partial charge in [0.1, 0.15) is 0 Å². The quantitative estimate of drug-likeness (QED) is 0.798. The highest BCUT2D eigenvalue weighted by molar-refractivity contribution is 5.57. The van der Waals surface area contributed by atoms with E-state index in [4.69, 9.17) is 5.73 Å². The highest BCUT2D eigenvalue weighted by Gasteiger charge is 2.24.